The SMILES string of the molecule is C[C@@H]1CC[C@H]2[C@@H](C)CO[C@@H]3O[C@]4(C)CC[C@@H]1[C@]32O4. The third kappa shape index (κ3) is 1.26. The third-order valence-corrected chi connectivity index (χ3v) is 6.00. The van der Waals surface area contributed by atoms with E-state index in [9.17, 15) is 0 Å². The molecule has 0 amide bonds. The molecule has 0 aromatic carbocycles. The van der Waals surface area contributed by atoms with E-state index in [0.717, 1.165) is 18.9 Å². The van der Waals surface area contributed by atoms with Gasteiger partial charge < -0.3 is 14.2 Å². The van der Waals surface area contributed by atoms with E-state index in [4.69, 9.17) is 14.2 Å². The number of ether oxygens (including phenoxy) is 3. The Morgan fingerprint density at radius 1 is 1.00 bits per heavy atom. The van der Waals surface area contributed by atoms with E-state index < -0.39 is 0 Å². The number of rotatable bonds is 0. The topological polar surface area (TPSA) is 27.7 Å². The lowest BCUT2D eigenvalue weighted by atomic mass is 9.57. The van der Waals surface area contributed by atoms with Gasteiger partial charge in [0.25, 0.3) is 0 Å². The standard InChI is InChI=1S/C15H24O3/c1-9-4-5-11-10(2)8-16-13-15(11)12(9)6-7-14(3,17-13)18-15/h9-13H,4-8H2,1-3H3/t9-,10+,11+,12+,13-,14+,15+/m1/s1. The molecule has 4 rings (SSSR count). The summed E-state index contributed by atoms with van der Waals surface area (Å²) >= 11 is 0. The van der Waals surface area contributed by atoms with E-state index in [1.54, 1.807) is 0 Å². The predicted octanol–water partition coefficient (Wildman–Crippen LogP) is 2.94. The van der Waals surface area contributed by atoms with Crippen LogP contribution in [0, 0.1) is 23.7 Å². The van der Waals surface area contributed by atoms with E-state index in [-0.39, 0.29) is 17.7 Å². The first-order valence-corrected chi connectivity index (χ1v) is 7.55. The summed E-state index contributed by atoms with van der Waals surface area (Å²) < 4.78 is 18.7. The maximum Gasteiger partial charge on any atom is 0.190 e. The van der Waals surface area contributed by atoms with Crippen LogP contribution in [0.25, 0.3) is 0 Å². The number of hydrogen-bond donors (Lipinski definition) is 0. The van der Waals surface area contributed by atoms with Crippen molar-refractivity contribution in [1.29, 1.82) is 0 Å². The molecular weight excluding hydrogens is 228 g/mol. The zero-order valence-corrected chi connectivity index (χ0v) is 11.6. The number of fused-ring (bicyclic) bond motifs is 1. The Bertz CT molecular complexity index is 363. The zero-order valence-electron chi connectivity index (χ0n) is 11.6. The van der Waals surface area contributed by atoms with Gasteiger partial charge in [-0.15, -0.1) is 0 Å². The van der Waals surface area contributed by atoms with Gasteiger partial charge in [0.1, 0.15) is 5.60 Å². The second-order valence-corrected chi connectivity index (χ2v) is 7.16. The first kappa shape index (κ1) is 11.7. The smallest absolute Gasteiger partial charge is 0.190 e. The average Bonchev–Trinajstić information content (AvgIpc) is 2.55. The van der Waals surface area contributed by atoms with Crippen molar-refractivity contribution in [1.82, 2.24) is 0 Å². The summed E-state index contributed by atoms with van der Waals surface area (Å²) in [5.74, 6) is 2.20. The van der Waals surface area contributed by atoms with Crippen LogP contribution in [0.2, 0.25) is 0 Å². The van der Waals surface area contributed by atoms with Gasteiger partial charge in [-0.1, -0.05) is 13.8 Å². The van der Waals surface area contributed by atoms with Crippen LogP contribution in [0.4, 0.5) is 0 Å². The monoisotopic (exact) mass is 252 g/mol. The molecule has 1 aliphatic carbocycles. The second kappa shape index (κ2) is 3.50. The van der Waals surface area contributed by atoms with Crippen molar-refractivity contribution in [2.75, 3.05) is 6.61 Å². The lowest BCUT2D eigenvalue weighted by Gasteiger charge is -2.57. The molecule has 1 spiro atoms. The van der Waals surface area contributed by atoms with Gasteiger partial charge in [-0.05, 0) is 49.9 Å². The van der Waals surface area contributed by atoms with Crippen molar-refractivity contribution in [3.63, 3.8) is 0 Å². The van der Waals surface area contributed by atoms with Crippen LogP contribution in [0.1, 0.15) is 46.5 Å². The van der Waals surface area contributed by atoms with Crippen molar-refractivity contribution >= 4 is 0 Å². The van der Waals surface area contributed by atoms with E-state index in [1.165, 1.54) is 19.3 Å². The first-order chi connectivity index (χ1) is 8.55. The molecule has 3 heteroatoms. The maximum absolute atomic E-state index is 6.54. The molecule has 3 saturated heterocycles. The molecule has 18 heavy (non-hydrogen) atoms. The highest BCUT2D eigenvalue weighted by Crippen LogP contribution is 2.62. The van der Waals surface area contributed by atoms with Crippen molar-refractivity contribution in [3.8, 4) is 0 Å². The molecule has 3 aliphatic heterocycles. The molecule has 2 bridgehead atoms. The largest absolute Gasteiger partial charge is 0.349 e. The molecular formula is C15H24O3. The third-order valence-electron chi connectivity index (χ3n) is 6.00. The number of hydrogen-bond acceptors (Lipinski definition) is 3. The minimum absolute atomic E-state index is 0.112. The Morgan fingerprint density at radius 3 is 2.61 bits per heavy atom. The Kier molecular flexibility index (Phi) is 2.27. The van der Waals surface area contributed by atoms with Crippen LogP contribution >= 0.6 is 0 Å². The zero-order chi connectivity index (χ0) is 12.5. The highest BCUT2D eigenvalue weighted by atomic mass is 16.8. The molecule has 7 atom stereocenters. The van der Waals surface area contributed by atoms with E-state index in [1.807, 2.05) is 0 Å². The minimum atomic E-state index is -0.388. The second-order valence-electron chi connectivity index (χ2n) is 7.16. The molecule has 3 heterocycles. The van der Waals surface area contributed by atoms with Gasteiger partial charge in [0.15, 0.2) is 12.1 Å². The first-order valence-electron chi connectivity index (χ1n) is 7.55. The molecule has 0 N–H and O–H groups in total. The van der Waals surface area contributed by atoms with Gasteiger partial charge in [0.2, 0.25) is 0 Å². The van der Waals surface area contributed by atoms with Gasteiger partial charge >= 0.3 is 0 Å². The summed E-state index contributed by atoms with van der Waals surface area (Å²) in [6.45, 7) is 7.63. The molecule has 4 fully saturated rings. The summed E-state index contributed by atoms with van der Waals surface area (Å²) in [4.78, 5) is 0. The van der Waals surface area contributed by atoms with Gasteiger partial charge in [0, 0.05) is 6.42 Å². The van der Waals surface area contributed by atoms with Crippen LogP contribution in [0.5, 0.6) is 0 Å². The Labute approximate surface area is 109 Å². The Hall–Kier alpha value is -0.120. The molecule has 0 radical (unpaired) electrons. The van der Waals surface area contributed by atoms with Crippen LogP contribution in [0.3, 0.4) is 0 Å². The highest BCUT2D eigenvalue weighted by Gasteiger charge is 2.70. The summed E-state index contributed by atoms with van der Waals surface area (Å²) in [6.07, 6.45) is 4.76. The predicted molar refractivity (Wildman–Crippen MR) is 66.8 cm³/mol. The van der Waals surface area contributed by atoms with E-state index in [0.29, 0.717) is 17.8 Å². The van der Waals surface area contributed by atoms with Crippen molar-refractivity contribution in [2.24, 2.45) is 23.7 Å². The summed E-state index contributed by atoms with van der Waals surface area (Å²) in [6, 6.07) is 0. The van der Waals surface area contributed by atoms with Gasteiger partial charge in [-0.3, -0.25) is 0 Å². The summed E-state index contributed by atoms with van der Waals surface area (Å²) in [5.41, 5.74) is -0.137. The maximum atomic E-state index is 6.54. The molecule has 0 unspecified atom stereocenters. The van der Waals surface area contributed by atoms with Crippen molar-refractivity contribution in [3.05, 3.63) is 0 Å². The van der Waals surface area contributed by atoms with Gasteiger partial charge in [-0.2, -0.15) is 0 Å². The summed E-state index contributed by atoms with van der Waals surface area (Å²) in [7, 11) is 0. The van der Waals surface area contributed by atoms with Gasteiger partial charge in [0.05, 0.1) is 6.61 Å². The molecule has 3 nitrogen and oxygen atoms in total. The fourth-order valence-corrected chi connectivity index (χ4v) is 5.14. The molecule has 102 valence electrons. The molecule has 0 aromatic heterocycles. The minimum Gasteiger partial charge on any atom is -0.349 e. The van der Waals surface area contributed by atoms with Crippen LogP contribution in [-0.2, 0) is 14.2 Å². The van der Waals surface area contributed by atoms with Crippen LogP contribution < -0.4 is 0 Å². The Morgan fingerprint density at radius 2 is 1.78 bits per heavy atom. The molecule has 0 aromatic rings. The lowest BCUT2D eigenvalue weighted by Crippen LogP contribution is -2.64. The fraction of sp³-hybridized carbons (Fsp3) is 1.00. The van der Waals surface area contributed by atoms with Crippen LogP contribution in [-0.4, -0.2) is 24.3 Å². The quantitative estimate of drug-likeness (QED) is 0.663. The molecule has 1 saturated carbocycles. The fourth-order valence-electron chi connectivity index (χ4n) is 5.14. The van der Waals surface area contributed by atoms with E-state index >= 15 is 0 Å². The highest BCUT2D eigenvalue weighted by molar-refractivity contribution is 5.11. The average molecular weight is 252 g/mol. The normalized spacial score (nSPS) is 62.5. The van der Waals surface area contributed by atoms with Crippen molar-refractivity contribution < 1.29 is 14.2 Å². The van der Waals surface area contributed by atoms with Crippen LogP contribution in [0.15, 0.2) is 0 Å². The lowest BCUT2D eigenvalue weighted by molar-refractivity contribution is -0.270. The Balaban J connectivity index is 1.81. The van der Waals surface area contributed by atoms with Crippen molar-refractivity contribution in [2.45, 2.75) is 64.1 Å². The molecule has 4 aliphatic rings. The van der Waals surface area contributed by atoms with Gasteiger partial charge in [-0.25, -0.2) is 0 Å². The summed E-state index contributed by atoms with van der Waals surface area (Å²) in [5, 5.41) is 0. The van der Waals surface area contributed by atoms with E-state index in [2.05, 4.69) is 20.8 Å².